The molecule has 0 N–H and O–H groups in total. The Morgan fingerprint density at radius 2 is 1.92 bits per heavy atom. The van der Waals surface area contributed by atoms with Crippen molar-refractivity contribution in [2.45, 2.75) is 45.4 Å². The van der Waals surface area contributed by atoms with Crippen LogP contribution >= 0.6 is 0 Å². The average molecular weight is 176 g/mol. The van der Waals surface area contributed by atoms with Crippen LogP contribution in [0.3, 0.4) is 0 Å². The lowest BCUT2D eigenvalue weighted by atomic mass is 9.90. The maximum absolute atomic E-state index is 2.48. The minimum absolute atomic E-state index is 0.981. The summed E-state index contributed by atoms with van der Waals surface area (Å²) in [6.45, 7) is 2.28. The zero-order valence-corrected chi connectivity index (χ0v) is 8.63. The molecule has 2 rings (SSSR count). The summed E-state index contributed by atoms with van der Waals surface area (Å²) in [5.74, 6) is 1.97. The van der Waals surface area contributed by atoms with E-state index in [9.17, 15) is 0 Å². The monoisotopic (exact) mass is 176 g/mol. The van der Waals surface area contributed by atoms with E-state index in [1.165, 1.54) is 38.5 Å². The van der Waals surface area contributed by atoms with Crippen molar-refractivity contribution in [3.05, 3.63) is 23.8 Å². The molecule has 0 saturated carbocycles. The highest BCUT2D eigenvalue weighted by Crippen LogP contribution is 2.35. The third-order valence-electron chi connectivity index (χ3n) is 3.52. The Bertz CT molecular complexity index is 214. The van der Waals surface area contributed by atoms with Crippen LogP contribution in [-0.2, 0) is 0 Å². The molecule has 2 aliphatic carbocycles. The normalized spacial score (nSPS) is 28.4. The highest BCUT2D eigenvalue weighted by atomic mass is 14.3. The van der Waals surface area contributed by atoms with Crippen LogP contribution in [0.5, 0.6) is 0 Å². The van der Waals surface area contributed by atoms with Crippen molar-refractivity contribution in [2.75, 3.05) is 0 Å². The zero-order chi connectivity index (χ0) is 9.10. The van der Waals surface area contributed by atoms with Crippen molar-refractivity contribution in [1.82, 2.24) is 0 Å². The van der Waals surface area contributed by atoms with Crippen molar-refractivity contribution in [1.29, 1.82) is 0 Å². The Hall–Kier alpha value is -0.520. The summed E-state index contributed by atoms with van der Waals surface area (Å²) in [6.07, 6.45) is 15.4. The summed E-state index contributed by atoms with van der Waals surface area (Å²) in [4.78, 5) is 0. The minimum Gasteiger partial charge on any atom is -0.0882 e. The summed E-state index contributed by atoms with van der Waals surface area (Å²) in [5, 5.41) is 0. The van der Waals surface area contributed by atoms with Crippen LogP contribution in [-0.4, -0.2) is 0 Å². The third-order valence-corrected chi connectivity index (χ3v) is 3.52. The van der Waals surface area contributed by atoms with E-state index >= 15 is 0 Å². The largest absolute Gasteiger partial charge is 0.0882 e. The molecule has 1 unspecified atom stereocenters. The van der Waals surface area contributed by atoms with Gasteiger partial charge < -0.3 is 0 Å². The summed E-state index contributed by atoms with van der Waals surface area (Å²) in [5.41, 5.74) is 1.70. The maximum atomic E-state index is 2.48. The van der Waals surface area contributed by atoms with E-state index < -0.39 is 0 Å². The van der Waals surface area contributed by atoms with Gasteiger partial charge >= 0.3 is 0 Å². The topological polar surface area (TPSA) is 0 Å². The summed E-state index contributed by atoms with van der Waals surface area (Å²) < 4.78 is 0. The number of hydrogen-bond acceptors (Lipinski definition) is 0. The second-order valence-electron chi connectivity index (χ2n) is 4.57. The summed E-state index contributed by atoms with van der Waals surface area (Å²) >= 11 is 0. The van der Waals surface area contributed by atoms with Gasteiger partial charge in [-0.1, -0.05) is 30.7 Å². The van der Waals surface area contributed by atoms with Crippen molar-refractivity contribution in [3.8, 4) is 0 Å². The Morgan fingerprint density at radius 3 is 2.54 bits per heavy atom. The van der Waals surface area contributed by atoms with Crippen LogP contribution < -0.4 is 0 Å². The predicted octanol–water partition coefficient (Wildman–Crippen LogP) is 4.09. The summed E-state index contributed by atoms with van der Waals surface area (Å²) in [7, 11) is 0. The molecule has 0 saturated heterocycles. The first-order valence-electron chi connectivity index (χ1n) is 5.71. The van der Waals surface area contributed by atoms with Gasteiger partial charge in [-0.15, -0.1) is 0 Å². The smallest absolute Gasteiger partial charge is 0.0289 e. The fourth-order valence-electron chi connectivity index (χ4n) is 2.68. The lowest BCUT2D eigenvalue weighted by molar-refractivity contribution is 0.395. The fraction of sp³-hybridized carbons (Fsp3) is 0.692. The quantitative estimate of drug-likeness (QED) is 0.568. The molecule has 0 aliphatic heterocycles. The minimum atomic E-state index is 0.981. The van der Waals surface area contributed by atoms with Gasteiger partial charge in [0.05, 0.1) is 0 Å². The molecule has 0 aromatic heterocycles. The van der Waals surface area contributed by atoms with Gasteiger partial charge in [0, 0.05) is 0 Å². The standard InChI is InChI=1S/C13H20/c1-2-11-7-8-13(9-11)10-12-5-3-4-6-12/h3-4,7,12-13H,2,5-6,8-10H2,1H3. The molecule has 0 aromatic carbocycles. The third kappa shape index (κ3) is 2.24. The van der Waals surface area contributed by atoms with Gasteiger partial charge in [-0.05, 0) is 50.4 Å². The molecular weight excluding hydrogens is 156 g/mol. The van der Waals surface area contributed by atoms with Crippen LogP contribution in [0.2, 0.25) is 0 Å². The molecule has 0 fully saturated rings. The van der Waals surface area contributed by atoms with Crippen molar-refractivity contribution < 1.29 is 0 Å². The highest BCUT2D eigenvalue weighted by molar-refractivity contribution is 5.10. The second kappa shape index (κ2) is 4.13. The van der Waals surface area contributed by atoms with Crippen LogP contribution in [0.4, 0.5) is 0 Å². The molecule has 0 spiro atoms. The van der Waals surface area contributed by atoms with Crippen molar-refractivity contribution in [3.63, 3.8) is 0 Å². The second-order valence-corrected chi connectivity index (χ2v) is 4.57. The van der Waals surface area contributed by atoms with E-state index in [-0.39, 0.29) is 0 Å². The Kier molecular flexibility index (Phi) is 2.87. The Labute approximate surface area is 81.7 Å². The van der Waals surface area contributed by atoms with Gasteiger partial charge in [0.1, 0.15) is 0 Å². The Balaban J connectivity index is 1.73. The molecular formula is C13H20. The van der Waals surface area contributed by atoms with E-state index in [0.29, 0.717) is 0 Å². The molecule has 0 heteroatoms. The van der Waals surface area contributed by atoms with Gasteiger partial charge in [0.15, 0.2) is 0 Å². The van der Waals surface area contributed by atoms with Crippen molar-refractivity contribution in [2.24, 2.45) is 11.8 Å². The lowest BCUT2D eigenvalue weighted by Crippen LogP contribution is -2.03. The van der Waals surface area contributed by atoms with Gasteiger partial charge in [0.2, 0.25) is 0 Å². The van der Waals surface area contributed by atoms with E-state index in [1.807, 2.05) is 0 Å². The van der Waals surface area contributed by atoms with E-state index in [0.717, 1.165) is 11.8 Å². The first-order chi connectivity index (χ1) is 6.38. The predicted molar refractivity (Wildman–Crippen MR) is 57.6 cm³/mol. The van der Waals surface area contributed by atoms with E-state index in [2.05, 4.69) is 25.2 Å². The maximum Gasteiger partial charge on any atom is -0.0289 e. The molecule has 0 heterocycles. The molecule has 0 amide bonds. The molecule has 0 nitrogen and oxygen atoms in total. The fourth-order valence-corrected chi connectivity index (χ4v) is 2.68. The summed E-state index contributed by atoms with van der Waals surface area (Å²) in [6, 6.07) is 0. The van der Waals surface area contributed by atoms with Gasteiger partial charge in [-0.3, -0.25) is 0 Å². The van der Waals surface area contributed by atoms with Crippen LogP contribution in [0.1, 0.15) is 45.4 Å². The van der Waals surface area contributed by atoms with Gasteiger partial charge in [-0.25, -0.2) is 0 Å². The van der Waals surface area contributed by atoms with E-state index in [4.69, 9.17) is 0 Å². The van der Waals surface area contributed by atoms with Crippen LogP contribution in [0, 0.1) is 11.8 Å². The van der Waals surface area contributed by atoms with Crippen molar-refractivity contribution >= 4 is 0 Å². The average Bonchev–Trinajstić information content (AvgIpc) is 2.76. The molecule has 2 aliphatic rings. The number of rotatable bonds is 3. The van der Waals surface area contributed by atoms with E-state index in [1.54, 1.807) is 5.57 Å². The first-order valence-corrected chi connectivity index (χ1v) is 5.71. The first kappa shape index (κ1) is 9.05. The van der Waals surface area contributed by atoms with Gasteiger partial charge in [0.25, 0.3) is 0 Å². The number of hydrogen-bond donors (Lipinski definition) is 0. The molecule has 1 atom stereocenters. The number of allylic oxidation sites excluding steroid dienone is 4. The molecule has 0 radical (unpaired) electrons. The molecule has 13 heavy (non-hydrogen) atoms. The zero-order valence-electron chi connectivity index (χ0n) is 8.63. The van der Waals surface area contributed by atoms with Crippen LogP contribution in [0.25, 0.3) is 0 Å². The SMILES string of the molecule is CCC1=CCC(CC2CC=CC2)C1. The van der Waals surface area contributed by atoms with Gasteiger partial charge in [-0.2, -0.15) is 0 Å². The highest BCUT2D eigenvalue weighted by Gasteiger charge is 2.20. The molecule has 72 valence electrons. The molecule has 0 bridgehead atoms. The Morgan fingerprint density at radius 1 is 1.15 bits per heavy atom. The lowest BCUT2D eigenvalue weighted by Gasteiger charge is -2.15. The van der Waals surface area contributed by atoms with Crippen LogP contribution in [0.15, 0.2) is 23.8 Å². The molecule has 0 aromatic rings.